The minimum atomic E-state index is 0.403. The van der Waals surface area contributed by atoms with Gasteiger partial charge >= 0.3 is 0 Å². The molecular formula is C11H8BrNO3. The van der Waals surface area contributed by atoms with Gasteiger partial charge in [-0.2, -0.15) is 0 Å². The Morgan fingerprint density at radius 2 is 2.31 bits per heavy atom. The summed E-state index contributed by atoms with van der Waals surface area (Å²) in [5.41, 5.74) is 1.61. The van der Waals surface area contributed by atoms with Crippen molar-refractivity contribution >= 4 is 22.2 Å². The number of aldehydes is 1. The van der Waals surface area contributed by atoms with Gasteiger partial charge in [0, 0.05) is 10.0 Å². The Morgan fingerprint density at radius 1 is 1.50 bits per heavy atom. The molecule has 0 fully saturated rings. The molecule has 0 unspecified atom stereocenters. The van der Waals surface area contributed by atoms with Gasteiger partial charge < -0.3 is 9.26 Å². The molecule has 0 atom stereocenters. The topological polar surface area (TPSA) is 52.3 Å². The molecular weight excluding hydrogens is 274 g/mol. The number of hydrogen-bond donors (Lipinski definition) is 0. The third kappa shape index (κ3) is 1.86. The van der Waals surface area contributed by atoms with E-state index >= 15 is 0 Å². The molecule has 1 aromatic heterocycles. The summed E-state index contributed by atoms with van der Waals surface area (Å²) in [4.78, 5) is 10.8. The number of ether oxygens (including phenoxy) is 1. The van der Waals surface area contributed by atoms with Gasteiger partial charge in [0.1, 0.15) is 17.7 Å². The maximum absolute atomic E-state index is 10.8. The molecule has 0 bridgehead atoms. The Balaban J connectivity index is 2.59. The zero-order valence-corrected chi connectivity index (χ0v) is 10.0. The van der Waals surface area contributed by atoms with E-state index in [-0.39, 0.29) is 0 Å². The molecule has 0 aliphatic carbocycles. The van der Waals surface area contributed by atoms with E-state index in [4.69, 9.17) is 9.26 Å². The summed E-state index contributed by atoms with van der Waals surface area (Å²) in [5.74, 6) is 0.631. The van der Waals surface area contributed by atoms with Gasteiger partial charge in [-0.1, -0.05) is 21.1 Å². The Morgan fingerprint density at radius 3 is 3.00 bits per heavy atom. The van der Waals surface area contributed by atoms with Crippen LogP contribution in [0.2, 0.25) is 0 Å². The van der Waals surface area contributed by atoms with Crippen LogP contribution in [0.1, 0.15) is 10.4 Å². The van der Waals surface area contributed by atoms with Crippen LogP contribution in [0.15, 0.2) is 33.5 Å². The Kier molecular flexibility index (Phi) is 3.05. The summed E-state index contributed by atoms with van der Waals surface area (Å²) in [6.07, 6.45) is 2.01. The number of carbonyl (C=O) groups is 1. The number of carbonyl (C=O) groups excluding carboxylic acids is 1. The van der Waals surface area contributed by atoms with Crippen molar-refractivity contribution in [1.29, 1.82) is 0 Å². The zero-order valence-electron chi connectivity index (χ0n) is 8.44. The Labute approximate surface area is 100 Å². The van der Waals surface area contributed by atoms with Crippen LogP contribution in [0.3, 0.4) is 0 Å². The molecule has 16 heavy (non-hydrogen) atoms. The highest BCUT2D eigenvalue weighted by molar-refractivity contribution is 9.10. The van der Waals surface area contributed by atoms with E-state index in [9.17, 15) is 4.79 Å². The minimum Gasteiger partial charge on any atom is -0.496 e. The smallest absolute Gasteiger partial charge is 0.155 e. The normalized spacial score (nSPS) is 10.1. The van der Waals surface area contributed by atoms with Crippen LogP contribution in [0.25, 0.3) is 11.3 Å². The average Bonchev–Trinajstić information content (AvgIpc) is 2.76. The summed E-state index contributed by atoms with van der Waals surface area (Å²) >= 11 is 3.34. The second-order valence-corrected chi connectivity index (χ2v) is 4.00. The molecule has 4 nitrogen and oxygen atoms in total. The first-order valence-corrected chi connectivity index (χ1v) is 5.29. The highest BCUT2D eigenvalue weighted by Gasteiger charge is 2.14. The molecule has 0 amide bonds. The first-order chi connectivity index (χ1) is 7.76. The quantitative estimate of drug-likeness (QED) is 0.812. The van der Waals surface area contributed by atoms with Gasteiger partial charge in [0.25, 0.3) is 0 Å². The lowest BCUT2D eigenvalue weighted by atomic mass is 10.1. The summed E-state index contributed by atoms with van der Waals surface area (Å²) in [5, 5.41) is 3.79. The molecule has 0 N–H and O–H groups in total. The first-order valence-electron chi connectivity index (χ1n) is 4.49. The van der Waals surface area contributed by atoms with Gasteiger partial charge in [0.05, 0.1) is 12.7 Å². The van der Waals surface area contributed by atoms with Gasteiger partial charge in [-0.15, -0.1) is 0 Å². The molecule has 2 aromatic rings. The molecule has 1 aromatic carbocycles. The van der Waals surface area contributed by atoms with Crippen molar-refractivity contribution in [3.63, 3.8) is 0 Å². The third-order valence-electron chi connectivity index (χ3n) is 2.14. The largest absolute Gasteiger partial charge is 0.496 e. The number of hydrogen-bond acceptors (Lipinski definition) is 4. The number of halogens is 1. The molecule has 1 heterocycles. The van der Waals surface area contributed by atoms with E-state index in [1.54, 1.807) is 13.2 Å². The third-order valence-corrected chi connectivity index (χ3v) is 2.64. The predicted molar refractivity (Wildman–Crippen MR) is 61.6 cm³/mol. The molecule has 0 aliphatic heterocycles. The predicted octanol–water partition coefficient (Wildman–Crippen LogP) is 2.93. The molecule has 0 aliphatic rings. The van der Waals surface area contributed by atoms with Gasteiger partial charge in [0.15, 0.2) is 6.29 Å². The Hall–Kier alpha value is -1.62. The molecule has 5 heteroatoms. The average molecular weight is 282 g/mol. The molecule has 0 radical (unpaired) electrons. The van der Waals surface area contributed by atoms with E-state index in [0.29, 0.717) is 23.3 Å². The van der Waals surface area contributed by atoms with Crippen LogP contribution < -0.4 is 4.74 Å². The highest BCUT2D eigenvalue weighted by atomic mass is 79.9. The van der Waals surface area contributed by atoms with Crippen molar-refractivity contribution in [2.45, 2.75) is 0 Å². The van der Waals surface area contributed by atoms with Crippen molar-refractivity contribution in [2.75, 3.05) is 7.11 Å². The van der Waals surface area contributed by atoms with E-state index < -0.39 is 0 Å². The first kappa shape index (κ1) is 10.9. The standard InChI is InChI=1S/C11H8BrNO3/c1-15-10-4-8(12)2-3-9(10)11-7(5-14)6-16-13-11/h2-6H,1H3. The minimum absolute atomic E-state index is 0.403. The van der Waals surface area contributed by atoms with E-state index in [2.05, 4.69) is 21.1 Å². The van der Waals surface area contributed by atoms with Crippen LogP contribution in [0.5, 0.6) is 5.75 Å². The molecule has 0 saturated carbocycles. The molecule has 2 rings (SSSR count). The van der Waals surface area contributed by atoms with Gasteiger partial charge in [-0.05, 0) is 18.2 Å². The second-order valence-electron chi connectivity index (χ2n) is 3.08. The van der Waals surface area contributed by atoms with Crippen LogP contribution in [0, 0.1) is 0 Å². The zero-order chi connectivity index (χ0) is 11.5. The maximum Gasteiger partial charge on any atom is 0.155 e. The fourth-order valence-electron chi connectivity index (χ4n) is 1.39. The van der Waals surface area contributed by atoms with Crippen molar-refractivity contribution in [2.24, 2.45) is 0 Å². The summed E-state index contributed by atoms with van der Waals surface area (Å²) in [6.45, 7) is 0. The van der Waals surface area contributed by atoms with Crippen LogP contribution in [0.4, 0.5) is 0 Å². The van der Waals surface area contributed by atoms with Gasteiger partial charge in [-0.25, -0.2) is 0 Å². The van der Waals surface area contributed by atoms with Gasteiger partial charge in [0.2, 0.25) is 0 Å². The van der Waals surface area contributed by atoms with Crippen molar-refractivity contribution in [1.82, 2.24) is 5.16 Å². The molecule has 0 saturated heterocycles. The fourth-order valence-corrected chi connectivity index (χ4v) is 1.73. The van der Waals surface area contributed by atoms with Crippen LogP contribution >= 0.6 is 15.9 Å². The van der Waals surface area contributed by atoms with E-state index in [1.165, 1.54) is 6.26 Å². The lowest BCUT2D eigenvalue weighted by Gasteiger charge is -2.06. The SMILES string of the molecule is COc1cc(Br)ccc1-c1nocc1C=O. The highest BCUT2D eigenvalue weighted by Crippen LogP contribution is 2.32. The molecule has 82 valence electrons. The maximum atomic E-state index is 10.8. The number of benzene rings is 1. The van der Waals surface area contributed by atoms with Crippen molar-refractivity contribution in [3.8, 4) is 17.0 Å². The monoisotopic (exact) mass is 281 g/mol. The second kappa shape index (κ2) is 4.49. The Bertz CT molecular complexity index is 522. The van der Waals surface area contributed by atoms with Crippen molar-refractivity contribution in [3.05, 3.63) is 34.5 Å². The summed E-state index contributed by atoms with van der Waals surface area (Å²) in [7, 11) is 1.56. The summed E-state index contributed by atoms with van der Waals surface area (Å²) < 4.78 is 10.9. The van der Waals surface area contributed by atoms with Crippen LogP contribution in [-0.2, 0) is 0 Å². The van der Waals surface area contributed by atoms with Crippen molar-refractivity contribution < 1.29 is 14.1 Å². The van der Waals surface area contributed by atoms with Crippen LogP contribution in [-0.4, -0.2) is 18.6 Å². The number of rotatable bonds is 3. The lowest BCUT2D eigenvalue weighted by Crippen LogP contribution is -1.90. The van der Waals surface area contributed by atoms with Gasteiger partial charge in [-0.3, -0.25) is 4.79 Å². The van der Waals surface area contributed by atoms with E-state index in [1.807, 2.05) is 12.1 Å². The number of methoxy groups -OCH3 is 1. The fraction of sp³-hybridized carbons (Fsp3) is 0.0909. The van der Waals surface area contributed by atoms with E-state index in [0.717, 1.165) is 10.0 Å². The molecule has 0 spiro atoms. The number of aromatic nitrogens is 1. The number of nitrogens with zero attached hydrogens (tertiary/aromatic N) is 1. The lowest BCUT2D eigenvalue weighted by molar-refractivity contribution is 0.112. The summed E-state index contributed by atoms with van der Waals surface area (Å²) in [6, 6.07) is 5.47.